The lowest BCUT2D eigenvalue weighted by Gasteiger charge is -2.22. The maximum atomic E-state index is 11.9. The van der Waals surface area contributed by atoms with Crippen LogP contribution in [0.1, 0.15) is 33.3 Å². The van der Waals surface area contributed by atoms with Gasteiger partial charge in [-0.3, -0.25) is 4.79 Å². The second-order valence-electron chi connectivity index (χ2n) is 5.75. The summed E-state index contributed by atoms with van der Waals surface area (Å²) in [5, 5.41) is 3.42. The molecule has 1 aromatic carbocycles. The number of amides is 1. The standard InChI is InChI=1S/C15H19Cl2NO3/c1-9(14(20)21-15(2,3)4)18-13(19)8-10-5-6-11(16)12(17)7-10/h5-7,9H,8H2,1-4H3,(H,18,19)/t9-/m1/s1. The van der Waals surface area contributed by atoms with Crippen LogP contribution in [0.2, 0.25) is 10.0 Å². The van der Waals surface area contributed by atoms with E-state index in [9.17, 15) is 9.59 Å². The molecule has 4 nitrogen and oxygen atoms in total. The average Bonchev–Trinajstić information content (AvgIpc) is 2.31. The Morgan fingerprint density at radius 2 is 1.86 bits per heavy atom. The summed E-state index contributed by atoms with van der Waals surface area (Å²) < 4.78 is 5.19. The van der Waals surface area contributed by atoms with E-state index in [1.165, 1.54) is 0 Å². The SMILES string of the molecule is C[C@@H](NC(=O)Cc1ccc(Cl)c(Cl)c1)C(=O)OC(C)(C)C. The van der Waals surface area contributed by atoms with Crippen molar-refractivity contribution in [2.75, 3.05) is 0 Å². The van der Waals surface area contributed by atoms with Crippen molar-refractivity contribution in [1.82, 2.24) is 5.32 Å². The number of halogens is 2. The monoisotopic (exact) mass is 331 g/mol. The Hall–Kier alpha value is -1.26. The third-order valence-corrected chi connectivity index (χ3v) is 3.23. The summed E-state index contributed by atoms with van der Waals surface area (Å²) in [6.07, 6.45) is 0.115. The topological polar surface area (TPSA) is 55.4 Å². The van der Waals surface area contributed by atoms with Crippen LogP contribution in [0, 0.1) is 0 Å². The van der Waals surface area contributed by atoms with Gasteiger partial charge in [0.15, 0.2) is 0 Å². The minimum Gasteiger partial charge on any atom is -0.458 e. The van der Waals surface area contributed by atoms with Gasteiger partial charge in [0.05, 0.1) is 16.5 Å². The van der Waals surface area contributed by atoms with Crippen LogP contribution in [0.15, 0.2) is 18.2 Å². The van der Waals surface area contributed by atoms with Crippen molar-refractivity contribution in [3.63, 3.8) is 0 Å². The van der Waals surface area contributed by atoms with E-state index in [2.05, 4.69) is 5.32 Å². The zero-order valence-electron chi connectivity index (χ0n) is 12.5. The number of nitrogens with one attached hydrogen (secondary N) is 1. The fraction of sp³-hybridized carbons (Fsp3) is 0.467. The molecular formula is C15H19Cl2NO3. The van der Waals surface area contributed by atoms with Gasteiger partial charge in [0, 0.05) is 0 Å². The first kappa shape index (κ1) is 17.8. The van der Waals surface area contributed by atoms with Gasteiger partial charge in [-0.1, -0.05) is 29.3 Å². The van der Waals surface area contributed by atoms with E-state index < -0.39 is 17.6 Å². The Kier molecular flexibility index (Phi) is 6.05. The number of hydrogen-bond acceptors (Lipinski definition) is 3. The molecule has 1 amide bonds. The van der Waals surface area contributed by atoms with Crippen molar-refractivity contribution in [2.24, 2.45) is 0 Å². The number of carbonyl (C=O) groups excluding carboxylic acids is 2. The summed E-state index contributed by atoms with van der Waals surface area (Å²) >= 11 is 11.7. The van der Waals surface area contributed by atoms with Crippen LogP contribution in [0.4, 0.5) is 0 Å². The molecule has 0 radical (unpaired) electrons. The van der Waals surface area contributed by atoms with Gasteiger partial charge in [0.1, 0.15) is 11.6 Å². The summed E-state index contributed by atoms with van der Waals surface area (Å²) in [7, 11) is 0. The molecule has 21 heavy (non-hydrogen) atoms. The molecule has 116 valence electrons. The normalized spacial score (nSPS) is 12.7. The summed E-state index contributed by atoms with van der Waals surface area (Å²) in [5.41, 5.74) is 0.137. The average molecular weight is 332 g/mol. The fourth-order valence-electron chi connectivity index (χ4n) is 1.58. The van der Waals surface area contributed by atoms with Crippen molar-refractivity contribution in [1.29, 1.82) is 0 Å². The van der Waals surface area contributed by atoms with E-state index in [-0.39, 0.29) is 12.3 Å². The first-order chi connectivity index (χ1) is 9.58. The molecular weight excluding hydrogens is 313 g/mol. The van der Waals surface area contributed by atoms with Crippen molar-refractivity contribution < 1.29 is 14.3 Å². The zero-order valence-corrected chi connectivity index (χ0v) is 14.0. The predicted molar refractivity (Wildman–Crippen MR) is 83.6 cm³/mol. The van der Waals surface area contributed by atoms with Gasteiger partial charge in [0.25, 0.3) is 0 Å². The minimum absolute atomic E-state index is 0.115. The van der Waals surface area contributed by atoms with Gasteiger partial charge in [-0.05, 0) is 45.4 Å². The lowest BCUT2D eigenvalue weighted by molar-refractivity contribution is -0.158. The summed E-state index contributed by atoms with van der Waals surface area (Å²) in [5.74, 6) is -0.753. The molecule has 0 aliphatic carbocycles. The Labute approximate surface area is 134 Å². The predicted octanol–water partition coefficient (Wildman–Crippen LogP) is 3.38. The lowest BCUT2D eigenvalue weighted by atomic mass is 10.1. The molecule has 0 bridgehead atoms. The molecule has 0 aliphatic heterocycles. The lowest BCUT2D eigenvalue weighted by Crippen LogP contribution is -2.42. The van der Waals surface area contributed by atoms with Gasteiger partial charge in [-0.15, -0.1) is 0 Å². The molecule has 1 atom stereocenters. The fourth-order valence-corrected chi connectivity index (χ4v) is 1.90. The van der Waals surface area contributed by atoms with Crippen molar-refractivity contribution in [3.8, 4) is 0 Å². The van der Waals surface area contributed by atoms with Crippen molar-refractivity contribution in [2.45, 2.75) is 45.8 Å². The number of hydrogen-bond donors (Lipinski definition) is 1. The second kappa shape index (κ2) is 7.14. The number of benzene rings is 1. The Morgan fingerprint density at radius 1 is 1.24 bits per heavy atom. The smallest absolute Gasteiger partial charge is 0.328 e. The molecule has 1 rings (SSSR count). The molecule has 0 aromatic heterocycles. The number of esters is 1. The van der Waals surface area contributed by atoms with Crippen molar-refractivity contribution in [3.05, 3.63) is 33.8 Å². The molecule has 0 saturated carbocycles. The molecule has 6 heteroatoms. The van der Waals surface area contributed by atoms with Crippen LogP contribution in [0.3, 0.4) is 0 Å². The molecule has 0 unspecified atom stereocenters. The largest absolute Gasteiger partial charge is 0.458 e. The van der Waals surface area contributed by atoms with Gasteiger partial charge in [-0.2, -0.15) is 0 Å². The Morgan fingerprint density at radius 3 is 2.38 bits per heavy atom. The third-order valence-electron chi connectivity index (χ3n) is 2.49. The minimum atomic E-state index is -0.709. The number of carbonyl (C=O) groups is 2. The van der Waals surface area contributed by atoms with E-state index >= 15 is 0 Å². The van der Waals surface area contributed by atoms with Crippen LogP contribution >= 0.6 is 23.2 Å². The molecule has 0 heterocycles. The molecule has 0 spiro atoms. The van der Waals surface area contributed by atoms with E-state index in [4.69, 9.17) is 27.9 Å². The van der Waals surface area contributed by atoms with Crippen LogP contribution in [-0.4, -0.2) is 23.5 Å². The van der Waals surface area contributed by atoms with Gasteiger partial charge in [-0.25, -0.2) is 4.79 Å². The molecule has 0 saturated heterocycles. The molecule has 1 N–H and O–H groups in total. The zero-order chi connectivity index (χ0) is 16.2. The van der Waals surface area contributed by atoms with Crippen LogP contribution in [-0.2, 0) is 20.7 Å². The maximum absolute atomic E-state index is 11.9. The number of rotatable bonds is 4. The first-order valence-corrected chi connectivity index (χ1v) is 7.30. The molecule has 0 aliphatic rings. The highest BCUT2D eigenvalue weighted by molar-refractivity contribution is 6.42. The highest BCUT2D eigenvalue weighted by Crippen LogP contribution is 2.22. The van der Waals surface area contributed by atoms with E-state index in [1.807, 2.05) is 0 Å². The van der Waals surface area contributed by atoms with Gasteiger partial charge < -0.3 is 10.1 Å². The Balaban J connectivity index is 2.57. The van der Waals surface area contributed by atoms with Crippen molar-refractivity contribution >= 4 is 35.1 Å². The van der Waals surface area contributed by atoms with E-state index in [1.54, 1.807) is 45.9 Å². The molecule has 0 fully saturated rings. The van der Waals surface area contributed by atoms with Gasteiger partial charge in [0.2, 0.25) is 5.91 Å². The van der Waals surface area contributed by atoms with Crippen LogP contribution in [0.25, 0.3) is 0 Å². The first-order valence-electron chi connectivity index (χ1n) is 6.54. The van der Waals surface area contributed by atoms with E-state index in [0.29, 0.717) is 10.0 Å². The third kappa shape index (κ3) is 6.36. The summed E-state index contributed by atoms with van der Waals surface area (Å²) in [4.78, 5) is 23.7. The highest BCUT2D eigenvalue weighted by atomic mass is 35.5. The number of ether oxygens (including phenoxy) is 1. The summed E-state index contributed by atoms with van der Waals surface area (Å²) in [6.45, 7) is 6.90. The molecule has 1 aromatic rings. The second-order valence-corrected chi connectivity index (χ2v) is 6.56. The Bertz CT molecular complexity index is 538. The van der Waals surface area contributed by atoms with Crippen LogP contribution in [0.5, 0.6) is 0 Å². The summed E-state index contributed by atoms with van der Waals surface area (Å²) in [6, 6.07) is 4.26. The highest BCUT2D eigenvalue weighted by Gasteiger charge is 2.22. The quantitative estimate of drug-likeness (QED) is 0.860. The van der Waals surface area contributed by atoms with Gasteiger partial charge >= 0.3 is 5.97 Å². The van der Waals surface area contributed by atoms with Crippen LogP contribution < -0.4 is 5.32 Å². The maximum Gasteiger partial charge on any atom is 0.328 e. The van der Waals surface area contributed by atoms with E-state index in [0.717, 1.165) is 5.56 Å².